The molecule has 0 saturated carbocycles. The van der Waals surface area contributed by atoms with E-state index in [9.17, 15) is 9.59 Å². The Balaban J connectivity index is 2.29. The zero-order valence-electron chi connectivity index (χ0n) is 10.6. The smallest absolute Gasteiger partial charge is 0.265 e. The highest BCUT2D eigenvalue weighted by Crippen LogP contribution is 2.29. The maximum Gasteiger partial charge on any atom is 0.265 e. The van der Waals surface area contributed by atoms with Crippen molar-refractivity contribution in [3.63, 3.8) is 0 Å². The Bertz CT molecular complexity index is 497. The van der Waals surface area contributed by atoms with E-state index in [0.29, 0.717) is 28.7 Å². The van der Waals surface area contributed by atoms with Crippen LogP contribution in [0.25, 0.3) is 0 Å². The molecule has 2 rings (SSSR count). The van der Waals surface area contributed by atoms with E-state index in [-0.39, 0.29) is 17.9 Å². The molecule has 2 amide bonds. The molecule has 0 aliphatic carbocycles. The fourth-order valence-electron chi connectivity index (χ4n) is 1.82. The van der Waals surface area contributed by atoms with Gasteiger partial charge in [-0.25, -0.2) is 4.98 Å². The number of hydrogen-bond acceptors (Lipinski definition) is 5. The van der Waals surface area contributed by atoms with E-state index in [1.165, 1.54) is 16.2 Å². The molecule has 1 atom stereocenters. The first kappa shape index (κ1) is 13.0. The first-order chi connectivity index (χ1) is 8.40. The Hall–Kier alpha value is -1.47. The molecule has 0 aromatic carbocycles. The number of nitrogens with two attached hydrogens (primary N) is 1. The van der Waals surface area contributed by atoms with Gasteiger partial charge in [0.05, 0.1) is 5.69 Å². The number of thiazole rings is 1. The number of aryl methyl sites for hydroxylation is 1. The van der Waals surface area contributed by atoms with Crippen LogP contribution in [0.2, 0.25) is 0 Å². The summed E-state index contributed by atoms with van der Waals surface area (Å²) in [7, 11) is 3.39. The average Bonchev–Trinajstić information content (AvgIpc) is 2.80. The molecular formula is C11H16N4O2S. The van der Waals surface area contributed by atoms with E-state index in [4.69, 9.17) is 5.73 Å². The lowest BCUT2D eigenvalue weighted by Crippen LogP contribution is -2.27. The number of rotatable bonds is 2. The quantitative estimate of drug-likeness (QED) is 0.832. The topological polar surface area (TPSA) is 79.5 Å². The van der Waals surface area contributed by atoms with Gasteiger partial charge < -0.3 is 10.6 Å². The largest absolute Gasteiger partial charge is 0.344 e. The monoisotopic (exact) mass is 268 g/mol. The summed E-state index contributed by atoms with van der Waals surface area (Å²) < 4.78 is 0. The molecule has 2 N–H and O–H groups in total. The van der Waals surface area contributed by atoms with Gasteiger partial charge >= 0.3 is 0 Å². The molecule has 1 aliphatic rings. The van der Waals surface area contributed by atoms with Crippen molar-refractivity contribution in [2.45, 2.75) is 19.4 Å². The fraction of sp³-hybridized carbons (Fsp3) is 0.545. The molecule has 18 heavy (non-hydrogen) atoms. The molecule has 1 aromatic heterocycles. The molecular weight excluding hydrogens is 252 g/mol. The van der Waals surface area contributed by atoms with Crippen LogP contribution >= 0.6 is 11.3 Å². The minimum Gasteiger partial charge on any atom is -0.344 e. The Morgan fingerprint density at radius 1 is 1.56 bits per heavy atom. The molecule has 1 aromatic rings. The van der Waals surface area contributed by atoms with Crippen molar-refractivity contribution in [3.8, 4) is 0 Å². The van der Waals surface area contributed by atoms with E-state index < -0.39 is 0 Å². The second kappa shape index (κ2) is 4.66. The molecule has 98 valence electrons. The van der Waals surface area contributed by atoms with Crippen molar-refractivity contribution in [1.29, 1.82) is 0 Å². The Kier molecular flexibility index (Phi) is 3.36. The highest BCUT2D eigenvalue weighted by molar-refractivity contribution is 7.17. The van der Waals surface area contributed by atoms with Crippen LogP contribution < -0.4 is 10.6 Å². The third-order valence-corrected chi connectivity index (χ3v) is 3.94. The van der Waals surface area contributed by atoms with Crippen LogP contribution in [0.3, 0.4) is 0 Å². The minimum atomic E-state index is -0.144. The number of hydrogen-bond donors (Lipinski definition) is 1. The first-order valence-corrected chi connectivity index (χ1v) is 6.47. The predicted octanol–water partition coefficient (Wildman–Crippen LogP) is 0.217. The van der Waals surface area contributed by atoms with Crippen LogP contribution in [0.15, 0.2) is 0 Å². The van der Waals surface area contributed by atoms with Crippen molar-refractivity contribution < 1.29 is 9.59 Å². The van der Waals surface area contributed by atoms with Gasteiger partial charge in [-0.15, -0.1) is 0 Å². The van der Waals surface area contributed by atoms with Gasteiger partial charge in [0.2, 0.25) is 5.91 Å². The summed E-state index contributed by atoms with van der Waals surface area (Å²) in [6.07, 6.45) is 0.343. The summed E-state index contributed by atoms with van der Waals surface area (Å²) in [5, 5.41) is 0.565. The second-order valence-corrected chi connectivity index (χ2v) is 5.56. The van der Waals surface area contributed by atoms with E-state index in [1.807, 2.05) is 0 Å². The van der Waals surface area contributed by atoms with Crippen LogP contribution in [0.1, 0.15) is 21.8 Å². The van der Waals surface area contributed by atoms with Crippen LogP contribution in [0, 0.1) is 6.92 Å². The standard InChI is InChI=1S/C11H16N4O2S/c1-6-9(10(17)14(2)3)18-11(13-6)15-5-7(12)4-8(15)16/h7H,4-5,12H2,1-3H3. The number of carbonyl (C=O) groups excluding carboxylic acids is 2. The summed E-state index contributed by atoms with van der Waals surface area (Å²) in [6, 6.07) is -0.144. The van der Waals surface area contributed by atoms with Gasteiger partial charge in [-0.05, 0) is 6.92 Å². The van der Waals surface area contributed by atoms with Crippen molar-refractivity contribution in [1.82, 2.24) is 9.88 Å². The molecule has 0 bridgehead atoms. The molecule has 7 heteroatoms. The maximum atomic E-state index is 11.9. The number of amides is 2. The molecule has 1 saturated heterocycles. The van der Waals surface area contributed by atoms with Crippen molar-refractivity contribution in [2.24, 2.45) is 5.73 Å². The van der Waals surface area contributed by atoms with Crippen LogP contribution in [-0.2, 0) is 4.79 Å². The van der Waals surface area contributed by atoms with Gasteiger partial charge in [0, 0.05) is 33.1 Å². The normalized spacial score (nSPS) is 19.4. The van der Waals surface area contributed by atoms with Crippen LogP contribution in [0.5, 0.6) is 0 Å². The lowest BCUT2D eigenvalue weighted by molar-refractivity contribution is -0.117. The van der Waals surface area contributed by atoms with Gasteiger partial charge in [0.15, 0.2) is 5.13 Å². The average molecular weight is 268 g/mol. The van der Waals surface area contributed by atoms with Crippen LogP contribution in [-0.4, -0.2) is 48.4 Å². The SMILES string of the molecule is Cc1nc(N2CC(N)CC2=O)sc1C(=O)N(C)C. The van der Waals surface area contributed by atoms with E-state index in [0.717, 1.165) is 0 Å². The molecule has 1 fully saturated rings. The predicted molar refractivity (Wildman–Crippen MR) is 69.8 cm³/mol. The number of aromatic nitrogens is 1. The first-order valence-electron chi connectivity index (χ1n) is 5.65. The number of nitrogens with zero attached hydrogens (tertiary/aromatic N) is 3. The minimum absolute atomic E-state index is 0.0277. The van der Waals surface area contributed by atoms with E-state index >= 15 is 0 Å². The van der Waals surface area contributed by atoms with Crippen molar-refractivity contribution in [3.05, 3.63) is 10.6 Å². The number of anilines is 1. The third-order valence-electron chi connectivity index (χ3n) is 2.77. The lowest BCUT2D eigenvalue weighted by Gasteiger charge is -2.11. The Morgan fingerprint density at radius 3 is 2.72 bits per heavy atom. The summed E-state index contributed by atoms with van der Waals surface area (Å²) in [4.78, 5) is 31.6. The third kappa shape index (κ3) is 2.23. The maximum absolute atomic E-state index is 11.9. The Labute approximate surface area is 109 Å². The molecule has 0 radical (unpaired) electrons. The summed E-state index contributed by atoms with van der Waals surface area (Å²) >= 11 is 1.25. The summed E-state index contributed by atoms with van der Waals surface area (Å²) in [6.45, 7) is 2.25. The van der Waals surface area contributed by atoms with Crippen molar-refractivity contribution >= 4 is 28.3 Å². The highest BCUT2D eigenvalue weighted by Gasteiger charge is 2.31. The summed E-state index contributed by atoms with van der Waals surface area (Å²) in [5.74, 6) is -0.118. The molecule has 6 nitrogen and oxygen atoms in total. The molecule has 1 aliphatic heterocycles. The van der Waals surface area contributed by atoms with Gasteiger partial charge in [0.1, 0.15) is 4.88 Å². The second-order valence-electron chi connectivity index (χ2n) is 4.58. The molecule has 1 unspecified atom stereocenters. The molecule has 2 heterocycles. The Morgan fingerprint density at radius 2 is 2.22 bits per heavy atom. The zero-order chi connectivity index (χ0) is 13.4. The van der Waals surface area contributed by atoms with Gasteiger partial charge in [-0.2, -0.15) is 0 Å². The lowest BCUT2D eigenvalue weighted by atomic mass is 10.3. The van der Waals surface area contributed by atoms with Crippen LogP contribution in [0.4, 0.5) is 5.13 Å². The van der Waals surface area contributed by atoms with E-state index in [1.54, 1.807) is 25.9 Å². The van der Waals surface area contributed by atoms with Gasteiger partial charge in [0.25, 0.3) is 5.91 Å². The number of carbonyl (C=O) groups is 2. The summed E-state index contributed by atoms with van der Waals surface area (Å²) in [5.41, 5.74) is 6.40. The highest BCUT2D eigenvalue weighted by atomic mass is 32.1. The van der Waals surface area contributed by atoms with Gasteiger partial charge in [-0.3, -0.25) is 14.5 Å². The van der Waals surface area contributed by atoms with E-state index in [2.05, 4.69) is 4.98 Å². The van der Waals surface area contributed by atoms with Gasteiger partial charge in [-0.1, -0.05) is 11.3 Å². The zero-order valence-corrected chi connectivity index (χ0v) is 11.5. The fourth-order valence-corrected chi connectivity index (χ4v) is 2.93. The molecule has 0 spiro atoms. The van der Waals surface area contributed by atoms with Crippen molar-refractivity contribution in [2.75, 3.05) is 25.5 Å².